The molecule has 0 unspecified atom stereocenters. The number of hydrogen-bond donors (Lipinski definition) is 2. The van der Waals surface area contributed by atoms with Crippen molar-refractivity contribution in [3.05, 3.63) is 23.9 Å². The molecule has 1 saturated heterocycles. The van der Waals surface area contributed by atoms with Gasteiger partial charge in [-0.2, -0.15) is 0 Å². The second-order valence-corrected chi connectivity index (χ2v) is 4.76. The van der Waals surface area contributed by atoms with E-state index >= 15 is 0 Å². The first-order valence-electron chi connectivity index (χ1n) is 5.71. The number of nitrogens with zero attached hydrogens (tertiary/aromatic N) is 2. The Balaban J connectivity index is 2.04. The topological polar surface area (TPSA) is 79.5 Å². The van der Waals surface area contributed by atoms with Crippen LogP contribution in [0.5, 0.6) is 0 Å². The molecule has 1 aliphatic heterocycles. The van der Waals surface area contributed by atoms with Crippen molar-refractivity contribution in [3.63, 3.8) is 0 Å². The molecule has 5 heteroatoms. The number of nitrogens with two attached hydrogens (primary N) is 1. The van der Waals surface area contributed by atoms with Crippen LogP contribution in [-0.4, -0.2) is 39.6 Å². The van der Waals surface area contributed by atoms with Crippen LogP contribution in [0.1, 0.15) is 30.1 Å². The van der Waals surface area contributed by atoms with E-state index in [2.05, 4.69) is 4.98 Å². The lowest BCUT2D eigenvalue weighted by Crippen LogP contribution is -2.45. The molecule has 1 aliphatic rings. The molecule has 0 atom stereocenters. The zero-order valence-electron chi connectivity index (χ0n) is 9.89. The van der Waals surface area contributed by atoms with Gasteiger partial charge in [-0.15, -0.1) is 0 Å². The molecule has 2 heterocycles. The number of rotatable bonds is 1. The van der Waals surface area contributed by atoms with Gasteiger partial charge in [0.25, 0.3) is 5.91 Å². The van der Waals surface area contributed by atoms with Crippen LogP contribution in [0, 0.1) is 0 Å². The van der Waals surface area contributed by atoms with Gasteiger partial charge in [0.2, 0.25) is 0 Å². The normalized spacial score (nSPS) is 19.1. The van der Waals surface area contributed by atoms with E-state index in [1.54, 1.807) is 24.0 Å². The van der Waals surface area contributed by atoms with Gasteiger partial charge in [0.1, 0.15) is 5.82 Å². The summed E-state index contributed by atoms with van der Waals surface area (Å²) in [6, 6.07) is 3.30. The zero-order chi connectivity index (χ0) is 12.5. The van der Waals surface area contributed by atoms with E-state index in [1.807, 2.05) is 0 Å². The van der Waals surface area contributed by atoms with Crippen LogP contribution in [0.4, 0.5) is 5.82 Å². The summed E-state index contributed by atoms with van der Waals surface area (Å²) in [6.07, 6.45) is 2.71. The summed E-state index contributed by atoms with van der Waals surface area (Å²) in [5.74, 6) is 0.358. The van der Waals surface area contributed by atoms with Crippen molar-refractivity contribution < 1.29 is 9.90 Å². The number of aromatic nitrogens is 1. The van der Waals surface area contributed by atoms with Gasteiger partial charge in [-0.25, -0.2) is 4.98 Å². The van der Waals surface area contributed by atoms with Crippen LogP contribution in [0.15, 0.2) is 18.3 Å². The molecule has 0 radical (unpaired) electrons. The number of carbonyl (C=O) groups is 1. The fourth-order valence-electron chi connectivity index (χ4n) is 1.91. The summed E-state index contributed by atoms with van der Waals surface area (Å²) in [7, 11) is 0. The number of carbonyl (C=O) groups excluding carboxylic acids is 1. The number of nitrogen functional groups attached to an aromatic ring is 1. The highest BCUT2D eigenvalue weighted by Gasteiger charge is 2.29. The van der Waals surface area contributed by atoms with E-state index < -0.39 is 5.60 Å². The van der Waals surface area contributed by atoms with E-state index in [1.165, 1.54) is 6.20 Å². The summed E-state index contributed by atoms with van der Waals surface area (Å²) >= 11 is 0. The molecular formula is C12H17N3O2. The second kappa shape index (κ2) is 4.33. The third kappa shape index (κ3) is 2.74. The monoisotopic (exact) mass is 235 g/mol. The minimum Gasteiger partial charge on any atom is -0.390 e. The first-order valence-corrected chi connectivity index (χ1v) is 5.71. The maximum absolute atomic E-state index is 12.1. The van der Waals surface area contributed by atoms with Crippen molar-refractivity contribution in [2.24, 2.45) is 0 Å². The summed E-state index contributed by atoms with van der Waals surface area (Å²) in [4.78, 5) is 17.7. The van der Waals surface area contributed by atoms with Gasteiger partial charge in [0, 0.05) is 19.3 Å². The Labute approximate surface area is 100 Å². The largest absolute Gasteiger partial charge is 0.390 e. The molecule has 0 spiro atoms. The zero-order valence-corrected chi connectivity index (χ0v) is 9.89. The van der Waals surface area contributed by atoms with Crippen molar-refractivity contribution in [2.45, 2.75) is 25.4 Å². The quantitative estimate of drug-likeness (QED) is 0.749. The maximum Gasteiger partial charge on any atom is 0.255 e. The van der Waals surface area contributed by atoms with E-state index in [9.17, 15) is 9.90 Å². The van der Waals surface area contributed by atoms with Gasteiger partial charge in [0.05, 0.1) is 11.2 Å². The molecule has 3 N–H and O–H groups in total. The van der Waals surface area contributed by atoms with Crippen LogP contribution in [0.3, 0.4) is 0 Å². The minimum absolute atomic E-state index is 0.0481. The highest BCUT2D eigenvalue weighted by Crippen LogP contribution is 2.22. The van der Waals surface area contributed by atoms with Gasteiger partial charge in [0.15, 0.2) is 0 Å². The van der Waals surface area contributed by atoms with Crippen LogP contribution in [-0.2, 0) is 0 Å². The lowest BCUT2D eigenvalue weighted by atomic mass is 9.93. The Bertz CT molecular complexity index is 404. The number of aliphatic hydroxyl groups is 1. The Morgan fingerprint density at radius 3 is 2.65 bits per heavy atom. The molecule has 17 heavy (non-hydrogen) atoms. The molecule has 1 aromatic heterocycles. The third-order valence-corrected chi connectivity index (χ3v) is 3.16. The number of hydrogen-bond acceptors (Lipinski definition) is 4. The molecular weight excluding hydrogens is 218 g/mol. The minimum atomic E-state index is -0.643. The summed E-state index contributed by atoms with van der Waals surface area (Å²) in [5, 5.41) is 9.81. The Kier molecular flexibility index (Phi) is 3.02. The van der Waals surface area contributed by atoms with E-state index in [0.717, 1.165) is 0 Å². The number of pyridine rings is 1. The first kappa shape index (κ1) is 11.9. The first-order chi connectivity index (χ1) is 7.98. The molecule has 92 valence electrons. The summed E-state index contributed by atoms with van der Waals surface area (Å²) < 4.78 is 0. The lowest BCUT2D eigenvalue weighted by Gasteiger charge is -2.35. The predicted molar refractivity (Wildman–Crippen MR) is 64.4 cm³/mol. The molecule has 0 aromatic carbocycles. The molecule has 5 nitrogen and oxygen atoms in total. The number of likely N-dealkylation sites (tertiary alicyclic amines) is 1. The maximum atomic E-state index is 12.1. The van der Waals surface area contributed by atoms with Crippen molar-refractivity contribution in [3.8, 4) is 0 Å². The predicted octanol–water partition coefficient (Wildman–Crippen LogP) is 0.651. The average molecular weight is 235 g/mol. The molecule has 1 amide bonds. The molecule has 2 rings (SSSR count). The Morgan fingerprint density at radius 1 is 1.47 bits per heavy atom. The standard InChI is InChI=1S/C12H17N3O2/c1-12(17)4-6-15(7-5-12)11(16)9-2-3-10(13)14-8-9/h2-3,8,17H,4-7H2,1H3,(H2,13,14). The molecule has 1 fully saturated rings. The molecule has 0 aliphatic carbocycles. The Morgan fingerprint density at radius 2 is 2.12 bits per heavy atom. The van der Waals surface area contributed by atoms with Gasteiger partial charge >= 0.3 is 0 Å². The van der Waals surface area contributed by atoms with Gasteiger partial charge in [-0.3, -0.25) is 4.79 Å². The van der Waals surface area contributed by atoms with Crippen LogP contribution in [0.2, 0.25) is 0 Å². The van der Waals surface area contributed by atoms with Gasteiger partial charge < -0.3 is 15.7 Å². The number of anilines is 1. The van der Waals surface area contributed by atoms with E-state index in [-0.39, 0.29) is 5.91 Å². The SMILES string of the molecule is CC1(O)CCN(C(=O)c2ccc(N)nc2)CC1. The highest BCUT2D eigenvalue weighted by molar-refractivity contribution is 5.94. The highest BCUT2D eigenvalue weighted by atomic mass is 16.3. The lowest BCUT2D eigenvalue weighted by molar-refractivity contribution is -0.00203. The Hall–Kier alpha value is -1.62. The molecule has 0 bridgehead atoms. The van der Waals surface area contributed by atoms with Crippen LogP contribution >= 0.6 is 0 Å². The van der Waals surface area contributed by atoms with Crippen molar-refractivity contribution in [1.82, 2.24) is 9.88 Å². The molecule has 1 aromatic rings. The smallest absolute Gasteiger partial charge is 0.255 e. The second-order valence-electron chi connectivity index (χ2n) is 4.76. The summed E-state index contributed by atoms with van der Waals surface area (Å²) in [6.45, 7) is 2.96. The fourth-order valence-corrected chi connectivity index (χ4v) is 1.91. The third-order valence-electron chi connectivity index (χ3n) is 3.16. The summed E-state index contributed by atoms with van der Waals surface area (Å²) in [5.41, 5.74) is 5.37. The van der Waals surface area contributed by atoms with Crippen molar-refractivity contribution in [2.75, 3.05) is 18.8 Å². The van der Waals surface area contributed by atoms with Crippen molar-refractivity contribution >= 4 is 11.7 Å². The number of amides is 1. The van der Waals surface area contributed by atoms with Gasteiger partial charge in [-0.1, -0.05) is 0 Å². The van der Waals surface area contributed by atoms with E-state index in [4.69, 9.17) is 5.73 Å². The molecule has 0 saturated carbocycles. The fraction of sp³-hybridized carbons (Fsp3) is 0.500. The van der Waals surface area contributed by atoms with Crippen LogP contribution < -0.4 is 5.73 Å². The van der Waals surface area contributed by atoms with Crippen molar-refractivity contribution in [1.29, 1.82) is 0 Å². The van der Waals surface area contributed by atoms with E-state index in [0.29, 0.717) is 37.3 Å². The van der Waals surface area contributed by atoms with Gasteiger partial charge in [-0.05, 0) is 31.9 Å². The van der Waals surface area contributed by atoms with Crippen LogP contribution in [0.25, 0.3) is 0 Å². The number of piperidine rings is 1. The average Bonchev–Trinajstić information content (AvgIpc) is 2.29.